The summed E-state index contributed by atoms with van der Waals surface area (Å²) in [7, 11) is 8.74. The molecule has 0 spiro atoms. The third-order valence-electron chi connectivity index (χ3n) is 12.9. The second kappa shape index (κ2) is 37.7. The zero-order chi connectivity index (χ0) is 68.3. The van der Waals surface area contributed by atoms with Crippen molar-refractivity contribution >= 4 is 135 Å². The first-order valence-corrected chi connectivity index (χ1v) is 36.6. The van der Waals surface area contributed by atoms with Gasteiger partial charge in [-0.05, 0) is 109 Å². The number of aromatic nitrogens is 4. The first-order valence-electron chi connectivity index (χ1n) is 28.6. The van der Waals surface area contributed by atoms with Crippen LogP contribution in [0.2, 0.25) is 10.0 Å². The minimum atomic E-state index is -4.83. The number of ether oxygens (including phenoxy) is 2. The molecule has 12 rings (SSSR count). The van der Waals surface area contributed by atoms with E-state index < -0.39 is 63.0 Å². The largest absolute Gasteiger partial charge is 0.0622 e. The van der Waals surface area contributed by atoms with Gasteiger partial charge in [-0.25, -0.2) is 19.6 Å². The van der Waals surface area contributed by atoms with Crippen LogP contribution >= 0.6 is 69.7 Å². The Kier molecular flexibility index (Phi) is 29.7. The Morgan fingerprint density at radius 3 is 1.12 bits per heavy atom. The fraction of sp³-hybridized carbons (Fsp3) is 0.127. The molecule has 95 heavy (non-hydrogen) atoms. The number of esters is 2. The van der Waals surface area contributed by atoms with Crippen molar-refractivity contribution in [1.82, 2.24) is 19.9 Å². The summed E-state index contributed by atoms with van der Waals surface area (Å²) in [4.78, 5) is 37.6. The summed E-state index contributed by atoms with van der Waals surface area (Å²) < 4.78 is 94.9. The molecule has 494 valence electrons. The van der Waals surface area contributed by atoms with E-state index in [2.05, 4.69) is 216 Å². The zero-order valence-electron chi connectivity index (χ0n) is 50.5. The van der Waals surface area contributed by atoms with Crippen LogP contribution in [0.25, 0.3) is 21.8 Å². The van der Waals surface area contributed by atoms with Crippen LogP contribution in [0.1, 0.15) is 69.3 Å². The number of oxazole rings is 2. The molecule has 12 aromatic rings. The van der Waals surface area contributed by atoms with Crippen LogP contribution in [0.15, 0.2) is 252 Å². The van der Waals surface area contributed by atoms with Crippen molar-refractivity contribution in [3.05, 3.63) is 299 Å². The standard InChI is InChI=1S/2C18H15P.C17H12ClF3N2O3.C10H7Cl2N.C8H8F3NO3.2ClH.Pd/c2*1-4-10-16(11-5-1)19(17-12-6-2-7-13-17)18-14-8-3-9-15-18;1-2-25-16(24)14-15(17(19,20)21)23-13(26-14)6-9-3-4-12-10(5-9)7-11(18)8-22-12;11-5-7-1-2-10-8(3-7)4-9(12)6-13-10;1-3-14-7(13)5-6(8(9,10)11)12-4(2)15-5;;;/h2*1-15H;3-5,7-8H,2,6H2,1H3;1-4,6H,5H2;3H2,1-2H3;2*1H;/q;;;;;;;+2/p-2. The number of nitrogens with zero attached hydrogens (tertiary/aromatic N) is 4. The number of carbonyl (C=O) groups excluding carboxylic acids is 2. The molecule has 0 saturated carbocycles. The average Bonchev–Trinajstić information content (AvgIpc) is 1.60. The minimum absolute atomic E-state index is 0.0319. The molecular weight excluding hydrogens is 1460 g/mol. The number of pyridine rings is 2. The molecule has 4 heterocycles. The molecule has 8 aromatic carbocycles. The number of halogens is 11. The summed E-state index contributed by atoms with van der Waals surface area (Å²) in [5.74, 6) is -4.16. The van der Waals surface area contributed by atoms with Crippen LogP contribution in [0.3, 0.4) is 0 Å². The van der Waals surface area contributed by atoms with Gasteiger partial charge in [0.1, 0.15) is 0 Å². The molecule has 0 aliphatic heterocycles. The first kappa shape index (κ1) is 74.9. The van der Waals surface area contributed by atoms with Gasteiger partial charge in [0, 0.05) is 42.4 Å². The van der Waals surface area contributed by atoms with E-state index in [0.29, 0.717) is 27.0 Å². The maximum Gasteiger partial charge on any atom is -0.0134 e. The fourth-order valence-corrected chi connectivity index (χ4v) is 14.1. The Labute approximate surface area is 578 Å². The van der Waals surface area contributed by atoms with Gasteiger partial charge in [0.15, 0.2) is 23.2 Å². The van der Waals surface area contributed by atoms with Gasteiger partial charge < -0.3 is 18.3 Å². The van der Waals surface area contributed by atoms with Gasteiger partial charge in [0.25, 0.3) is 0 Å². The van der Waals surface area contributed by atoms with Gasteiger partial charge in [-0.1, -0.05) is 217 Å². The van der Waals surface area contributed by atoms with E-state index in [1.165, 1.54) is 58.8 Å². The molecule has 0 N–H and O–H groups in total. The van der Waals surface area contributed by atoms with E-state index in [0.717, 1.165) is 21.9 Å². The SMILES string of the molecule is CCOC(=O)c1oc(C)nc1C(F)(F)F.CCOC(=O)c1oc(Cc2ccc3ncc(Cl)cc3c2)nc1C(F)(F)F.ClCc1ccc2ncc(Cl)cc2c1.[Cl][Pd][Cl].c1ccc(P(c2ccccc2)c2ccccc2)cc1.c1ccc(P(c2ccccc2)c2ccccc2)cc1. The number of rotatable bonds is 13. The van der Waals surface area contributed by atoms with Gasteiger partial charge in [0.2, 0.25) is 11.5 Å². The normalized spacial score (nSPS) is 10.9. The van der Waals surface area contributed by atoms with Crippen molar-refractivity contribution in [2.24, 2.45) is 0 Å². The Morgan fingerprint density at radius 1 is 0.474 bits per heavy atom. The summed E-state index contributed by atoms with van der Waals surface area (Å²) in [5.41, 5.74) is 0.604. The molecule has 0 amide bonds. The van der Waals surface area contributed by atoms with Gasteiger partial charge in [-0.15, -0.1) is 11.6 Å². The van der Waals surface area contributed by atoms with Crippen LogP contribution in [0.4, 0.5) is 26.3 Å². The molecule has 0 unspecified atom stereocenters. The number of fused-ring (bicyclic) bond motifs is 2. The van der Waals surface area contributed by atoms with Crippen molar-refractivity contribution in [2.75, 3.05) is 13.2 Å². The molecule has 0 aliphatic rings. The third-order valence-corrected chi connectivity index (χ3v) is 18.5. The summed E-state index contributed by atoms with van der Waals surface area (Å²) in [6.45, 7) is 4.07. The monoisotopic (exact) mass is 1520 g/mol. The van der Waals surface area contributed by atoms with Crippen LogP contribution in [-0.2, 0) is 50.1 Å². The molecule has 24 heteroatoms. The van der Waals surface area contributed by atoms with Gasteiger partial charge in [-0.3, -0.25) is 9.97 Å². The van der Waals surface area contributed by atoms with Crippen LogP contribution in [-0.4, -0.2) is 45.1 Å². The van der Waals surface area contributed by atoms with Gasteiger partial charge in [0.05, 0.1) is 34.3 Å². The van der Waals surface area contributed by atoms with Crippen molar-refractivity contribution in [3.63, 3.8) is 0 Å². The quantitative estimate of drug-likeness (QED) is 0.0361. The zero-order valence-corrected chi connectivity index (χ0v) is 57.7. The van der Waals surface area contributed by atoms with Crippen LogP contribution < -0.4 is 31.8 Å². The molecule has 0 aliphatic carbocycles. The molecular formula is C71H57Cl5F6N4O6P2Pd. The Balaban J connectivity index is 0.000000169. The van der Waals surface area contributed by atoms with Crippen LogP contribution in [0, 0.1) is 6.92 Å². The summed E-state index contributed by atoms with van der Waals surface area (Å²) in [6.07, 6.45) is -6.45. The number of aryl methyl sites for hydroxylation is 1. The topological polar surface area (TPSA) is 130 Å². The molecule has 0 fully saturated rings. The van der Waals surface area contributed by atoms with Crippen LogP contribution in [0.5, 0.6) is 0 Å². The summed E-state index contributed by atoms with van der Waals surface area (Å²) in [5, 5.41) is 11.2. The van der Waals surface area contributed by atoms with E-state index in [1.807, 2.05) is 24.3 Å². The van der Waals surface area contributed by atoms with E-state index in [4.69, 9.17) is 58.3 Å². The maximum absolute atomic E-state index is 13.1. The van der Waals surface area contributed by atoms with E-state index in [9.17, 15) is 35.9 Å². The minimum Gasteiger partial charge on any atom is -0.0622 e. The second-order valence-corrected chi connectivity index (χ2v) is 27.5. The number of hydrogen-bond donors (Lipinski definition) is 0. The van der Waals surface area contributed by atoms with Gasteiger partial charge >= 0.3 is 59.3 Å². The second-order valence-electron chi connectivity index (χ2n) is 19.5. The maximum atomic E-state index is 13.1. The molecule has 0 saturated heterocycles. The van der Waals surface area contributed by atoms with E-state index >= 15 is 0 Å². The number of alkyl halides is 7. The summed E-state index contributed by atoms with van der Waals surface area (Å²) in [6, 6.07) is 79.3. The summed E-state index contributed by atoms with van der Waals surface area (Å²) >= 11 is 17.3. The Hall–Kier alpha value is -7.51. The van der Waals surface area contributed by atoms with Gasteiger partial charge in [-0.2, -0.15) is 26.3 Å². The predicted octanol–water partition coefficient (Wildman–Crippen LogP) is 18.7. The van der Waals surface area contributed by atoms with Crippen molar-refractivity contribution < 1.29 is 70.2 Å². The molecule has 0 bridgehead atoms. The molecule has 0 atom stereocenters. The van der Waals surface area contributed by atoms with Crippen molar-refractivity contribution in [2.45, 2.75) is 45.4 Å². The number of benzene rings is 8. The fourth-order valence-electron chi connectivity index (χ4n) is 8.95. The molecule has 10 nitrogen and oxygen atoms in total. The van der Waals surface area contributed by atoms with E-state index in [1.54, 1.807) is 30.5 Å². The molecule has 0 radical (unpaired) electrons. The number of hydrogen-bond acceptors (Lipinski definition) is 10. The average molecular weight is 1520 g/mol. The third kappa shape index (κ3) is 22.8. The Bertz CT molecular complexity index is 4020. The predicted molar refractivity (Wildman–Crippen MR) is 368 cm³/mol. The Morgan fingerprint density at radius 2 is 0.789 bits per heavy atom. The van der Waals surface area contributed by atoms with Crippen molar-refractivity contribution in [1.29, 1.82) is 0 Å². The first-order chi connectivity index (χ1) is 45.7. The molecule has 4 aromatic heterocycles. The smallest absolute Gasteiger partial charge is 0.0134 e. The number of carbonyl (C=O) groups is 2. The van der Waals surface area contributed by atoms with E-state index in [-0.39, 0.29) is 47.4 Å². The van der Waals surface area contributed by atoms with Crippen molar-refractivity contribution in [3.8, 4) is 0 Å².